The zero-order chi connectivity index (χ0) is 22.7. The normalized spacial score (nSPS) is 10.4. The average molecular weight is 426 g/mol. The van der Waals surface area contributed by atoms with Crippen LogP contribution in [0, 0.1) is 18.3 Å². The maximum atomic E-state index is 12.1. The van der Waals surface area contributed by atoms with Crippen molar-refractivity contribution in [1.29, 1.82) is 5.26 Å². The van der Waals surface area contributed by atoms with Crippen LogP contribution in [0.25, 0.3) is 5.52 Å². The molecule has 0 atom stereocenters. The number of carbonyl (C=O) groups excluding carboxylic acids is 1. The fourth-order valence-electron chi connectivity index (χ4n) is 3.23. The van der Waals surface area contributed by atoms with Crippen LogP contribution >= 0.6 is 0 Å². The van der Waals surface area contributed by atoms with Gasteiger partial charge in [-0.25, -0.2) is 9.31 Å². The van der Waals surface area contributed by atoms with Crippen molar-refractivity contribution in [2.45, 2.75) is 6.92 Å². The molecular formula is C24H22N6O2. The fourth-order valence-corrected chi connectivity index (χ4v) is 3.23. The van der Waals surface area contributed by atoms with Crippen LogP contribution in [-0.4, -0.2) is 34.6 Å². The van der Waals surface area contributed by atoms with E-state index in [-0.39, 0.29) is 6.03 Å². The number of hydrogen-bond acceptors (Lipinski definition) is 5. The topological polar surface area (TPSA) is 94.7 Å². The molecule has 32 heavy (non-hydrogen) atoms. The second kappa shape index (κ2) is 8.70. The number of aromatic nitrogens is 2. The number of nitrogens with zero attached hydrogens (tertiary/aromatic N) is 4. The Bertz CT molecular complexity index is 1300. The van der Waals surface area contributed by atoms with Gasteiger partial charge in [0.1, 0.15) is 17.6 Å². The number of anilines is 3. The number of para-hydroxylation sites is 1. The molecular weight excluding hydrogens is 404 g/mol. The average Bonchev–Trinajstić information content (AvgIpc) is 3.11. The molecule has 0 aliphatic rings. The molecule has 4 aromatic rings. The maximum absolute atomic E-state index is 12.1. The summed E-state index contributed by atoms with van der Waals surface area (Å²) in [5, 5.41) is 20.1. The molecule has 0 aliphatic heterocycles. The van der Waals surface area contributed by atoms with Crippen molar-refractivity contribution in [1.82, 2.24) is 14.5 Å². The van der Waals surface area contributed by atoms with Gasteiger partial charge in [-0.2, -0.15) is 10.4 Å². The number of amides is 2. The van der Waals surface area contributed by atoms with Crippen molar-refractivity contribution in [3.63, 3.8) is 0 Å². The number of urea groups is 1. The predicted octanol–water partition coefficient (Wildman–Crippen LogP) is 5.14. The molecule has 2 aromatic heterocycles. The van der Waals surface area contributed by atoms with Gasteiger partial charge < -0.3 is 20.3 Å². The Morgan fingerprint density at radius 2 is 1.78 bits per heavy atom. The Labute approximate surface area is 185 Å². The van der Waals surface area contributed by atoms with Crippen molar-refractivity contribution >= 4 is 28.6 Å². The highest BCUT2D eigenvalue weighted by molar-refractivity contribution is 5.94. The molecule has 0 fully saturated rings. The number of fused-ring (bicyclic) bond motifs is 1. The lowest BCUT2D eigenvalue weighted by Crippen LogP contribution is -2.27. The Morgan fingerprint density at radius 1 is 1.09 bits per heavy atom. The van der Waals surface area contributed by atoms with E-state index in [0.717, 1.165) is 17.0 Å². The van der Waals surface area contributed by atoms with E-state index in [9.17, 15) is 10.1 Å². The summed E-state index contributed by atoms with van der Waals surface area (Å²) >= 11 is 0. The summed E-state index contributed by atoms with van der Waals surface area (Å²) in [5.41, 5.74) is 3.94. The zero-order valence-corrected chi connectivity index (χ0v) is 18.0. The largest absolute Gasteiger partial charge is 0.457 e. The minimum Gasteiger partial charge on any atom is -0.457 e. The van der Waals surface area contributed by atoms with Gasteiger partial charge in [-0.15, -0.1) is 0 Å². The molecule has 0 aliphatic carbocycles. The van der Waals surface area contributed by atoms with Gasteiger partial charge in [0.05, 0.1) is 34.8 Å². The van der Waals surface area contributed by atoms with Crippen molar-refractivity contribution in [2.75, 3.05) is 24.7 Å². The number of hydrogen-bond donors (Lipinski definition) is 2. The molecule has 160 valence electrons. The van der Waals surface area contributed by atoms with Gasteiger partial charge in [0.15, 0.2) is 0 Å². The number of benzene rings is 2. The molecule has 2 aromatic carbocycles. The highest BCUT2D eigenvalue weighted by atomic mass is 16.5. The van der Waals surface area contributed by atoms with Gasteiger partial charge in [-0.1, -0.05) is 18.2 Å². The van der Waals surface area contributed by atoms with Gasteiger partial charge in [0.2, 0.25) is 0 Å². The molecule has 0 saturated heterocycles. The number of nitriles is 1. The standard InChI is InChI=1S/C24H22N6O2/c1-16-21(28-24(31)29(2)3)15-30-23(16)22(17(13-25)14-26-30)27-18-9-11-20(12-10-18)32-19-7-5-4-6-8-19/h4-12,14-15,27H,1-3H3,(H,28,31). The van der Waals surface area contributed by atoms with Gasteiger partial charge in [-0.3, -0.25) is 0 Å². The Morgan fingerprint density at radius 3 is 2.44 bits per heavy atom. The van der Waals surface area contributed by atoms with Crippen LogP contribution in [0.15, 0.2) is 67.0 Å². The first-order valence-electron chi connectivity index (χ1n) is 9.95. The van der Waals surface area contributed by atoms with E-state index in [0.29, 0.717) is 28.2 Å². The molecule has 0 bridgehead atoms. The molecule has 8 nitrogen and oxygen atoms in total. The molecule has 4 rings (SSSR count). The van der Waals surface area contributed by atoms with E-state index in [4.69, 9.17) is 4.74 Å². The number of carbonyl (C=O) groups is 1. The van der Waals surface area contributed by atoms with Gasteiger partial charge in [0, 0.05) is 25.3 Å². The predicted molar refractivity (Wildman–Crippen MR) is 124 cm³/mol. The monoisotopic (exact) mass is 426 g/mol. The van der Waals surface area contributed by atoms with Gasteiger partial charge in [0.25, 0.3) is 0 Å². The maximum Gasteiger partial charge on any atom is 0.321 e. The van der Waals surface area contributed by atoms with Crippen LogP contribution in [0.5, 0.6) is 11.5 Å². The molecule has 0 spiro atoms. The molecule has 2 N–H and O–H groups in total. The Balaban J connectivity index is 1.65. The lowest BCUT2D eigenvalue weighted by atomic mass is 10.1. The van der Waals surface area contributed by atoms with Crippen molar-refractivity contribution in [3.8, 4) is 17.6 Å². The minimum atomic E-state index is -0.243. The summed E-state index contributed by atoms with van der Waals surface area (Å²) in [6.45, 7) is 1.88. The van der Waals surface area contributed by atoms with Crippen LogP contribution in [0.4, 0.5) is 21.9 Å². The third kappa shape index (κ3) is 4.18. The Kier molecular flexibility index (Phi) is 5.64. The van der Waals surface area contributed by atoms with Crippen LogP contribution < -0.4 is 15.4 Å². The van der Waals surface area contributed by atoms with E-state index in [1.54, 1.807) is 24.8 Å². The lowest BCUT2D eigenvalue weighted by Gasteiger charge is -2.13. The zero-order valence-electron chi connectivity index (χ0n) is 18.0. The van der Waals surface area contributed by atoms with Gasteiger partial charge in [-0.05, 0) is 43.3 Å². The lowest BCUT2D eigenvalue weighted by molar-refractivity contribution is 0.230. The summed E-state index contributed by atoms with van der Waals surface area (Å²) in [6.07, 6.45) is 3.23. The number of aryl methyl sites for hydroxylation is 1. The second-order valence-corrected chi connectivity index (χ2v) is 7.40. The van der Waals surface area contributed by atoms with Crippen LogP contribution in [0.2, 0.25) is 0 Å². The van der Waals surface area contributed by atoms with Crippen molar-refractivity contribution < 1.29 is 9.53 Å². The molecule has 8 heteroatoms. The van der Waals surface area contributed by atoms with Crippen LogP contribution in [0.1, 0.15) is 11.1 Å². The van der Waals surface area contributed by atoms with Gasteiger partial charge >= 0.3 is 6.03 Å². The number of ether oxygens (including phenoxy) is 1. The Hall–Kier alpha value is -4.51. The molecule has 0 radical (unpaired) electrons. The molecule has 0 unspecified atom stereocenters. The molecule has 2 amide bonds. The first kappa shape index (κ1) is 20.8. The third-order valence-electron chi connectivity index (χ3n) is 4.93. The second-order valence-electron chi connectivity index (χ2n) is 7.40. The summed E-state index contributed by atoms with van der Waals surface area (Å²) in [7, 11) is 3.34. The molecule has 2 heterocycles. The van der Waals surface area contributed by atoms with Crippen LogP contribution in [-0.2, 0) is 0 Å². The fraction of sp³-hybridized carbons (Fsp3) is 0.125. The smallest absolute Gasteiger partial charge is 0.321 e. The summed E-state index contributed by atoms with van der Waals surface area (Å²) in [6, 6.07) is 19.0. The van der Waals surface area contributed by atoms with E-state index in [1.165, 1.54) is 11.1 Å². The van der Waals surface area contributed by atoms with E-state index >= 15 is 0 Å². The first-order valence-corrected chi connectivity index (χ1v) is 9.95. The number of rotatable bonds is 5. The highest BCUT2D eigenvalue weighted by Crippen LogP contribution is 2.33. The summed E-state index contributed by atoms with van der Waals surface area (Å²) in [5.74, 6) is 1.46. The number of nitrogens with one attached hydrogen (secondary N) is 2. The van der Waals surface area contributed by atoms with E-state index in [2.05, 4.69) is 21.8 Å². The third-order valence-corrected chi connectivity index (χ3v) is 4.93. The SMILES string of the molecule is Cc1c(NC(=O)N(C)C)cn2ncc(C#N)c(Nc3ccc(Oc4ccccc4)cc3)c12. The molecule has 0 saturated carbocycles. The van der Waals surface area contributed by atoms with Crippen molar-refractivity contribution in [3.05, 3.63) is 78.1 Å². The van der Waals surface area contributed by atoms with E-state index in [1.807, 2.05) is 61.5 Å². The summed E-state index contributed by atoms with van der Waals surface area (Å²) in [4.78, 5) is 13.6. The quantitative estimate of drug-likeness (QED) is 0.461. The van der Waals surface area contributed by atoms with Crippen LogP contribution in [0.3, 0.4) is 0 Å². The summed E-state index contributed by atoms with van der Waals surface area (Å²) < 4.78 is 7.49. The minimum absolute atomic E-state index is 0.243. The first-order chi connectivity index (χ1) is 15.5. The van der Waals surface area contributed by atoms with E-state index < -0.39 is 0 Å². The van der Waals surface area contributed by atoms with Crippen molar-refractivity contribution in [2.24, 2.45) is 0 Å². The highest BCUT2D eigenvalue weighted by Gasteiger charge is 2.17.